The molecule has 124 valence electrons. The number of carbonyl (C=O) groups is 2. The van der Waals surface area contributed by atoms with Crippen LogP contribution in [0.15, 0.2) is 11.6 Å². The second-order valence-electron chi connectivity index (χ2n) is 6.35. The van der Waals surface area contributed by atoms with Crippen LogP contribution >= 0.6 is 0 Å². The van der Waals surface area contributed by atoms with E-state index in [1.165, 1.54) is 31.3 Å². The standard InChI is InChI=1S/C17H29N3O2/c21-16(14-20-12-6-1-2-7-13-20)19-17(22)18-11-10-15-8-4-3-5-9-15/h8H,1-7,9-14H2,(H2,18,19,21,22). The first kappa shape index (κ1) is 17.0. The number of allylic oxidation sites excluding steroid dienone is 1. The summed E-state index contributed by atoms with van der Waals surface area (Å²) in [6, 6.07) is -0.365. The summed E-state index contributed by atoms with van der Waals surface area (Å²) in [5.74, 6) is -0.198. The maximum absolute atomic E-state index is 11.9. The zero-order valence-electron chi connectivity index (χ0n) is 13.5. The predicted octanol–water partition coefficient (Wildman–Crippen LogP) is 2.58. The molecule has 0 aromatic carbocycles. The van der Waals surface area contributed by atoms with Crippen molar-refractivity contribution in [3.8, 4) is 0 Å². The van der Waals surface area contributed by atoms with E-state index in [0.29, 0.717) is 13.1 Å². The molecule has 0 bridgehead atoms. The van der Waals surface area contributed by atoms with Crippen LogP contribution in [0, 0.1) is 0 Å². The van der Waals surface area contributed by atoms with Crippen molar-refractivity contribution in [2.24, 2.45) is 0 Å². The average molecular weight is 307 g/mol. The van der Waals surface area contributed by atoms with Gasteiger partial charge in [-0.1, -0.05) is 24.5 Å². The Morgan fingerprint density at radius 1 is 1.05 bits per heavy atom. The molecule has 0 aromatic rings. The van der Waals surface area contributed by atoms with Gasteiger partial charge in [-0.15, -0.1) is 0 Å². The van der Waals surface area contributed by atoms with Crippen LogP contribution in [0.2, 0.25) is 0 Å². The van der Waals surface area contributed by atoms with Crippen molar-refractivity contribution >= 4 is 11.9 Å². The van der Waals surface area contributed by atoms with E-state index < -0.39 is 0 Å². The van der Waals surface area contributed by atoms with Crippen LogP contribution < -0.4 is 10.6 Å². The smallest absolute Gasteiger partial charge is 0.321 e. The number of amides is 3. The number of rotatable bonds is 5. The van der Waals surface area contributed by atoms with Crippen LogP contribution in [-0.4, -0.2) is 43.0 Å². The molecule has 22 heavy (non-hydrogen) atoms. The largest absolute Gasteiger partial charge is 0.337 e. The van der Waals surface area contributed by atoms with E-state index in [1.807, 2.05) is 0 Å². The topological polar surface area (TPSA) is 61.4 Å². The summed E-state index contributed by atoms with van der Waals surface area (Å²) in [4.78, 5) is 25.7. The van der Waals surface area contributed by atoms with Gasteiger partial charge in [0.2, 0.25) is 5.91 Å². The normalized spacial score (nSPS) is 19.9. The first-order chi connectivity index (χ1) is 10.7. The van der Waals surface area contributed by atoms with Gasteiger partial charge in [-0.25, -0.2) is 4.79 Å². The van der Waals surface area contributed by atoms with Gasteiger partial charge in [0.15, 0.2) is 0 Å². The maximum atomic E-state index is 11.9. The highest BCUT2D eigenvalue weighted by Gasteiger charge is 2.14. The molecule has 1 aliphatic heterocycles. The fourth-order valence-corrected chi connectivity index (χ4v) is 3.18. The minimum absolute atomic E-state index is 0.198. The number of carbonyl (C=O) groups excluding carboxylic acids is 2. The molecule has 0 spiro atoms. The summed E-state index contributed by atoms with van der Waals surface area (Å²) in [5.41, 5.74) is 1.43. The Hall–Kier alpha value is -1.36. The van der Waals surface area contributed by atoms with Crippen LogP contribution in [0.25, 0.3) is 0 Å². The highest BCUT2D eigenvalue weighted by atomic mass is 16.2. The van der Waals surface area contributed by atoms with Crippen molar-refractivity contribution < 1.29 is 9.59 Å². The van der Waals surface area contributed by atoms with Crippen molar-refractivity contribution in [1.29, 1.82) is 0 Å². The number of urea groups is 1. The summed E-state index contributed by atoms with van der Waals surface area (Å²) in [5, 5.41) is 5.22. The molecule has 1 aliphatic carbocycles. The lowest BCUT2D eigenvalue weighted by Gasteiger charge is -2.18. The van der Waals surface area contributed by atoms with Crippen molar-refractivity contribution in [1.82, 2.24) is 15.5 Å². The molecule has 2 N–H and O–H groups in total. The van der Waals surface area contributed by atoms with E-state index >= 15 is 0 Å². The Labute approximate surface area is 133 Å². The van der Waals surface area contributed by atoms with Crippen LogP contribution in [0.4, 0.5) is 4.79 Å². The molecule has 5 nitrogen and oxygen atoms in total. The van der Waals surface area contributed by atoms with Crippen LogP contribution in [0.1, 0.15) is 57.8 Å². The quantitative estimate of drug-likeness (QED) is 0.767. The minimum Gasteiger partial charge on any atom is -0.337 e. The fraction of sp³-hybridized carbons (Fsp3) is 0.765. The highest BCUT2D eigenvalue weighted by Crippen LogP contribution is 2.19. The zero-order valence-corrected chi connectivity index (χ0v) is 13.5. The molecule has 5 heteroatoms. The molecule has 0 unspecified atom stereocenters. The van der Waals surface area contributed by atoms with E-state index in [0.717, 1.165) is 45.2 Å². The Kier molecular flexibility index (Phi) is 7.43. The summed E-state index contributed by atoms with van der Waals surface area (Å²) >= 11 is 0. The summed E-state index contributed by atoms with van der Waals surface area (Å²) in [7, 11) is 0. The van der Waals surface area contributed by atoms with Gasteiger partial charge in [0.05, 0.1) is 6.54 Å². The average Bonchev–Trinajstić information content (AvgIpc) is 2.77. The Morgan fingerprint density at radius 3 is 2.50 bits per heavy atom. The Balaban J connectivity index is 1.59. The first-order valence-corrected chi connectivity index (χ1v) is 8.72. The third-order valence-corrected chi connectivity index (χ3v) is 4.44. The van der Waals surface area contributed by atoms with Gasteiger partial charge in [-0.2, -0.15) is 0 Å². The lowest BCUT2D eigenvalue weighted by Crippen LogP contribution is -2.45. The number of nitrogens with one attached hydrogen (secondary N) is 2. The second-order valence-corrected chi connectivity index (χ2v) is 6.35. The summed E-state index contributed by atoms with van der Waals surface area (Å²) < 4.78 is 0. The van der Waals surface area contributed by atoms with Crippen molar-refractivity contribution in [2.75, 3.05) is 26.2 Å². The minimum atomic E-state index is -0.365. The van der Waals surface area contributed by atoms with Crippen molar-refractivity contribution in [2.45, 2.75) is 57.8 Å². The van der Waals surface area contributed by atoms with E-state index in [4.69, 9.17) is 0 Å². The predicted molar refractivity (Wildman–Crippen MR) is 87.6 cm³/mol. The molecular formula is C17H29N3O2. The van der Waals surface area contributed by atoms with E-state index in [-0.39, 0.29) is 11.9 Å². The van der Waals surface area contributed by atoms with Crippen molar-refractivity contribution in [3.05, 3.63) is 11.6 Å². The molecule has 0 aromatic heterocycles. The van der Waals surface area contributed by atoms with Crippen LogP contribution in [-0.2, 0) is 4.79 Å². The molecule has 0 atom stereocenters. The SMILES string of the molecule is O=C(CN1CCCCCC1)NC(=O)NCCC1=CCCCC1. The number of likely N-dealkylation sites (tertiary alicyclic amines) is 1. The van der Waals surface area contributed by atoms with Gasteiger partial charge in [0.25, 0.3) is 0 Å². The lowest BCUT2D eigenvalue weighted by molar-refractivity contribution is -0.121. The van der Waals surface area contributed by atoms with Crippen molar-refractivity contribution in [3.63, 3.8) is 0 Å². The van der Waals surface area contributed by atoms with E-state index in [1.54, 1.807) is 0 Å². The van der Waals surface area contributed by atoms with Gasteiger partial charge in [-0.3, -0.25) is 15.0 Å². The Morgan fingerprint density at radius 2 is 1.82 bits per heavy atom. The molecule has 0 saturated carbocycles. The fourth-order valence-electron chi connectivity index (χ4n) is 3.18. The third-order valence-electron chi connectivity index (χ3n) is 4.44. The monoisotopic (exact) mass is 307 g/mol. The molecule has 3 amide bonds. The number of nitrogens with zero attached hydrogens (tertiary/aromatic N) is 1. The van der Waals surface area contributed by atoms with Gasteiger partial charge < -0.3 is 5.32 Å². The number of imide groups is 1. The molecular weight excluding hydrogens is 278 g/mol. The molecule has 0 radical (unpaired) electrons. The maximum Gasteiger partial charge on any atom is 0.321 e. The van der Waals surface area contributed by atoms with Gasteiger partial charge >= 0.3 is 6.03 Å². The second kappa shape index (κ2) is 9.62. The third kappa shape index (κ3) is 6.60. The molecule has 2 aliphatic rings. The molecule has 1 fully saturated rings. The number of hydrogen-bond acceptors (Lipinski definition) is 3. The molecule has 2 rings (SSSR count). The zero-order chi connectivity index (χ0) is 15.6. The van der Waals surface area contributed by atoms with E-state index in [9.17, 15) is 9.59 Å². The summed E-state index contributed by atoms with van der Waals surface area (Å²) in [6.45, 7) is 2.86. The molecule has 1 heterocycles. The lowest BCUT2D eigenvalue weighted by atomic mass is 9.97. The molecule has 1 saturated heterocycles. The van der Waals surface area contributed by atoms with Gasteiger partial charge in [-0.05, 0) is 58.0 Å². The van der Waals surface area contributed by atoms with Gasteiger partial charge in [0, 0.05) is 6.54 Å². The first-order valence-electron chi connectivity index (χ1n) is 8.72. The van der Waals surface area contributed by atoms with Gasteiger partial charge in [0.1, 0.15) is 0 Å². The van der Waals surface area contributed by atoms with E-state index in [2.05, 4.69) is 21.6 Å². The van der Waals surface area contributed by atoms with Crippen LogP contribution in [0.5, 0.6) is 0 Å². The number of hydrogen-bond donors (Lipinski definition) is 2. The summed E-state index contributed by atoms with van der Waals surface area (Å²) in [6.07, 6.45) is 12.8. The highest BCUT2D eigenvalue weighted by molar-refractivity contribution is 5.95. The van der Waals surface area contributed by atoms with Crippen LogP contribution in [0.3, 0.4) is 0 Å². The Bertz CT molecular complexity index is 399.